The summed E-state index contributed by atoms with van der Waals surface area (Å²) < 4.78 is 48.4. The Balaban J connectivity index is 0.000000180. The molecule has 0 amide bonds. The molecule has 5 aromatic carbocycles. The van der Waals surface area contributed by atoms with Crippen molar-refractivity contribution in [3.05, 3.63) is 183 Å². The number of ether oxygens (including phenoxy) is 8. The number of methoxy groups -OCH3 is 1. The molecule has 326 valence electrons. The molecular formula is C46H46N6O9S2. The second-order valence-electron chi connectivity index (χ2n) is 14.8. The second-order valence-corrected chi connectivity index (χ2v) is 17.1. The van der Waals surface area contributed by atoms with Crippen molar-refractivity contribution in [1.82, 2.24) is 0 Å². The molecular weight excluding hydrogens is 845 g/mol. The molecule has 4 heterocycles. The first kappa shape index (κ1) is 44.5. The Morgan fingerprint density at radius 1 is 0.603 bits per heavy atom. The van der Waals surface area contributed by atoms with Crippen LogP contribution in [0.2, 0.25) is 0 Å². The van der Waals surface area contributed by atoms with Gasteiger partial charge in [0.05, 0.1) is 39.1 Å². The molecule has 4 aliphatic rings. The van der Waals surface area contributed by atoms with Crippen LogP contribution in [-0.4, -0.2) is 85.0 Å². The Hall–Kier alpha value is -5.10. The van der Waals surface area contributed by atoms with E-state index in [4.69, 9.17) is 43.4 Å². The Morgan fingerprint density at radius 2 is 1.06 bits per heavy atom. The first-order valence-corrected chi connectivity index (χ1v) is 22.2. The Labute approximate surface area is 373 Å². The summed E-state index contributed by atoms with van der Waals surface area (Å²) in [6, 6.07) is 45.1. The fourth-order valence-corrected chi connectivity index (χ4v) is 9.89. The van der Waals surface area contributed by atoms with Crippen LogP contribution in [0.5, 0.6) is 5.75 Å². The molecule has 15 nitrogen and oxygen atoms in total. The van der Waals surface area contributed by atoms with Gasteiger partial charge in [0.1, 0.15) is 53.1 Å². The van der Waals surface area contributed by atoms with E-state index < -0.39 is 66.1 Å². The summed E-state index contributed by atoms with van der Waals surface area (Å²) >= 11 is 2.91. The average molecular weight is 891 g/mol. The number of azide groups is 2. The SMILES string of the molecule is COc1ccc(CO[C@@H]2C(N=[N+]=[N-])[C@H](Sc3ccccc3)OC3CO[C@H](c4ccccc4)O[C@@H]32)cc1.[N-]=[N+]=NC1[C@@H](O)[C@H]2O[C@@H](c3ccccc3)OCC2O[C@H]1Sc1ccccc1. The number of benzene rings is 5. The molecule has 4 unspecified atom stereocenters. The predicted molar refractivity (Wildman–Crippen MR) is 235 cm³/mol. The number of hydrogen-bond donors (Lipinski definition) is 1. The van der Waals surface area contributed by atoms with E-state index >= 15 is 0 Å². The van der Waals surface area contributed by atoms with Gasteiger partial charge in [-0.2, -0.15) is 0 Å². The molecule has 0 aliphatic carbocycles. The number of aliphatic hydroxyl groups excluding tert-OH is 1. The third-order valence-electron chi connectivity index (χ3n) is 10.7. The van der Waals surface area contributed by atoms with Crippen molar-refractivity contribution in [2.45, 2.75) is 88.6 Å². The van der Waals surface area contributed by atoms with Crippen molar-refractivity contribution < 1.29 is 43.0 Å². The van der Waals surface area contributed by atoms with Gasteiger partial charge in [-0.3, -0.25) is 0 Å². The average Bonchev–Trinajstić information content (AvgIpc) is 3.34. The molecule has 0 bridgehead atoms. The molecule has 5 aromatic rings. The lowest BCUT2D eigenvalue weighted by molar-refractivity contribution is -0.311. The summed E-state index contributed by atoms with van der Waals surface area (Å²) in [4.78, 5) is 8.01. The fourth-order valence-electron chi connectivity index (χ4n) is 7.63. The van der Waals surface area contributed by atoms with E-state index in [0.29, 0.717) is 13.2 Å². The molecule has 0 radical (unpaired) electrons. The number of thioether (sulfide) groups is 2. The molecule has 17 heteroatoms. The number of hydrogen-bond acceptors (Lipinski definition) is 13. The minimum Gasteiger partial charge on any atom is -0.497 e. The van der Waals surface area contributed by atoms with Gasteiger partial charge in [-0.05, 0) is 53.0 Å². The molecule has 1 N–H and O–H groups in total. The highest BCUT2D eigenvalue weighted by Gasteiger charge is 2.51. The van der Waals surface area contributed by atoms with Crippen LogP contribution in [0.1, 0.15) is 29.3 Å². The monoisotopic (exact) mass is 890 g/mol. The summed E-state index contributed by atoms with van der Waals surface area (Å²) in [7, 11) is 1.63. The molecule has 0 spiro atoms. The van der Waals surface area contributed by atoms with Crippen LogP contribution in [0, 0.1) is 0 Å². The summed E-state index contributed by atoms with van der Waals surface area (Å²) in [6.07, 6.45) is -4.61. The van der Waals surface area contributed by atoms with Gasteiger partial charge in [-0.1, -0.05) is 143 Å². The minimum absolute atomic E-state index is 0.288. The van der Waals surface area contributed by atoms with E-state index in [-0.39, 0.29) is 12.7 Å². The number of fused-ring (bicyclic) bond motifs is 2. The zero-order valence-electron chi connectivity index (χ0n) is 34.1. The molecule has 63 heavy (non-hydrogen) atoms. The highest BCUT2D eigenvalue weighted by molar-refractivity contribution is 8.00. The van der Waals surface area contributed by atoms with Gasteiger partial charge in [-0.15, -0.1) is 0 Å². The maximum absolute atomic E-state index is 10.9. The van der Waals surface area contributed by atoms with Crippen LogP contribution >= 0.6 is 23.5 Å². The molecule has 4 fully saturated rings. The minimum atomic E-state index is -0.990. The molecule has 0 saturated carbocycles. The lowest BCUT2D eigenvalue weighted by Crippen LogP contribution is -2.61. The number of aliphatic hydroxyl groups is 1. The van der Waals surface area contributed by atoms with E-state index in [2.05, 4.69) is 20.1 Å². The Kier molecular flexibility index (Phi) is 15.5. The van der Waals surface area contributed by atoms with Gasteiger partial charge >= 0.3 is 0 Å². The molecule has 0 aromatic heterocycles. The van der Waals surface area contributed by atoms with Crippen molar-refractivity contribution in [3.63, 3.8) is 0 Å². The Bertz CT molecular complexity index is 2280. The molecule has 9 rings (SSSR count). The first-order chi connectivity index (χ1) is 31.0. The van der Waals surface area contributed by atoms with Crippen molar-refractivity contribution in [1.29, 1.82) is 0 Å². The third-order valence-corrected chi connectivity index (χ3v) is 13.1. The van der Waals surface area contributed by atoms with E-state index in [1.54, 1.807) is 7.11 Å². The van der Waals surface area contributed by atoms with Crippen LogP contribution in [-0.2, 0) is 39.8 Å². The third kappa shape index (κ3) is 11.2. The van der Waals surface area contributed by atoms with E-state index in [1.165, 1.54) is 23.5 Å². The zero-order valence-corrected chi connectivity index (χ0v) is 35.8. The standard InChI is InChI=1S/C27H27N3O5S.C19H19N3O4S/c1-31-20-14-12-18(13-15-20)16-32-25-23(29-30-28)27(36-21-10-6-3-7-11-21)34-22-17-33-26(35-24(22)25)19-8-4-2-5-9-19;20-22-21-15-16(23)17-14(25-19(15)27-13-9-5-2-6-10-13)11-24-18(26-17)12-7-3-1-4-8-12/h2-15,22-27H,16-17H2,1H3;1-10,14-19,23H,11H2/t22?,23?,24-,25+,26-,27-;14?,15?,16-,17+,18+,19+/m01/s1. The molecule has 4 saturated heterocycles. The molecule has 12 atom stereocenters. The van der Waals surface area contributed by atoms with E-state index in [0.717, 1.165) is 32.2 Å². The van der Waals surface area contributed by atoms with Crippen LogP contribution in [0.15, 0.2) is 166 Å². The Morgan fingerprint density at radius 3 is 1.57 bits per heavy atom. The van der Waals surface area contributed by atoms with Crippen LogP contribution in [0.4, 0.5) is 0 Å². The quantitative estimate of drug-likeness (QED) is 0.0713. The summed E-state index contributed by atoms with van der Waals surface area (Å²) in [5, 5.41) is 18.8. The van der Waals surface area contributed by atoms with Gasteiger partial charge in [0.25, 0.3) is 0 Å². The normalized spacial score (nSPS) is 29.8. The van der Waals surface area contributed by atoms with E-state index in [1.807, 2.05) is 146 Å². The fraction of sp³-hybridized carbons (Fsp3) is 0.348. The van der Waals surface area contributed by atoms with E-state index in [9.17, 15) is 10.6 Å². The van der Waals surface area contributed by atoms with Crippen molar-refractivity contribution in [2.75, 3.05) is 20.3 Å². The van der Waals surface area contributed by atoms with Gasteiger partial charge in [0.15, 0.2) is 12.6 Å². The zero-order chi connectivity index (χ0) is 43.4. The van der Waals surface area contributed by atoms with Crippen LogP contribution < -0.4 is 4.74 Å². The van der Waals surface area contributed by atoms with Crippen molar-refractivity contribution in [2.24, 2.45) is 10.2 Å². The lowest BCUT2D eigenvalue weighted by Gasteiger charge is -2.48. The van der Waals surface area contributed by atoms with Crippen molar-refractivity contribution >= 4 is 23.5 Å². The summed E-state index contributed by atoms with van der Waals surface area (Å²) in [6.45, 7) is 0.940. The van der Waals surface area contributed by atoms with Gasteiger partial charge in [0.2, 0.25) is 0 Å². The first-order valence-electron chi connectivity index (χ1n) is 20.4. The second kappa shape index (κ2) is 22.0. The largest absolute Gasteiger partial charge is 0.497 e. The van der Waals surface area contributed by atoms with Crippen LogP contribution in [0.25, 0.3) is 20.9 Å². The number of nitrogens with zero attached hydrogens (tertiary/aromatic N) is 6. The topological polar surface area (TPSA) is 192 Å². The van der Waals surface area contributed by atoms with Gasteiger partial charge in [0, 0.05) is 30.7 Å². The predicted octanol–water partition coefficient (Wildman–Crippen LogP) is 9.55. The maximum atomic E-state index is 10.9. The lowest BCUT2D eigenvalue weighted by atomic mass is 9.97. The van der Waals surface area contributed by atoms with Gasteiger partial charge < -0.3 is 43.0 Å². The van der Waals surface area contributed by atoms with Crippen LogP contribution in [0.3, 0.4) is 0 Å². The van der Waals surface area contributed by atoms with Gasteiger partial charge in [-0.25, -0.2) is 0 Å². The highest BCUT2D eigenvalue weighted by atomic mass is 32.2. The van der Waals surface area contributed by atoms with Crippen molar-refractivity contribution in [3.8, 4) is 5.75 Å². The maximum Gasteiger partial charge on any atom is 0.184 e. The number of rotatable bonds is 12. The summed E-state index contributed by atoms with van der Waals surface area (Å²) in [5.74, 6) is 0.773. The smallest absolute Gasteiger partial charge is 0.184 e. The molecule has 4 aliphatic heterocycles. The summed E-state index contributed by atoms with van der Waals surface area (Å²) in [5.41, 5.74) is 20.2. The highest BCUT2D eigenvalue weighted by Crippen LogP contribution is 2.42.